The zero-order chi connectivity index (χ0) is 13.0. The van der Waals surface area contributed by atoms with Gasteiger partial charge in [0.15, 0.2) is 11.5 Å². The van der Waals surface area contributed by atoms with Gasteiger partial charge in [0.2, 0.25) is 0 Å². The molecule has 1 saturated heterocycles. The summed E-state index contributed by atoms with van der Waals surface area (Å²) in [4.78, 5) is 0. The Morgan fingerprint density at radius 3 is 2.61 bits per heavy atom. The zero-order valence-electron chi connectivity index (χ0n) is 10.8. The molecule has 0 unspecified atom stereocenters. The molecule has 18 heavy (non-hydrogen) atoms. The molecular weight excluding hydrogens is 228 g/mol. The van der Waals surface area contributed by atoms with E-state index in [0.29, 0.717) is 17.1 Å². The van der Waals surface area contributed by atoms with Crippen LogP contribution in [0.25, 0.3) is 0 Å². The molecule has 0 atom stereocenters. The summed E-state index contributed by atoms with van der Waals surface area (Å²) < 4.78 is 11.4. The number of methoxy groups -OCH3 is 1. The Labute approximate surface area is 108 Å². The van der Waals surface area contributed by atoms with E-state index in [2.05, 4.69) is 18.3 Å². The maximum Gasteiger partial charge on any atom is 0.163 e. The lowest BCUT2D eigenvalue weighted by molar-refractivity contribution is 0.0527. The summed E-state index contributed by atoms with van der Waals surface area (Å²) in [5.74, 6) is 1.33. The first kappa shape index (κ1) is 12.7. The molecule has 0 saturated carbocycles. The quantitative estimate of drug-likeness (QED) is 0.887. The van der Waals surface area contributed by atoms with Gasteiger partial charge >= 0.3 is 0 Å². The minimum atomic E-state index is -0.188. The number of nitrogens with one attached hydrogen (secondary N) is 1. The largest absolute Gasteiger partial charge is 0.493 e. The third-order valence-corrected chi connectivity index (χ3v) is 3.31. The topological polar surface area (TPSA) is 54.3 Å². The van der Waals surface area contributed by atoms with Crippen molar-refractivity contribution in [3.05, 3.63) is 23.8 Å². The molecule has 1 aromatic rings. The SMILES string of the molecule is COc1ccc(C#N)cc1OC1(C)CCNCC1. The van der Waals surface area contributed by atoms with Gasteiger partial charge in [-0.05, 0) is 45.0 Å². The van der Waals surface area contributed by atoms with Crippen LogP contribution in [0.3, 0.4) is 0 Å². The molecule has 4 heteroatoms. The van der Waals surface area contributed by atoms with Gasteiger partial charge in [0.05, 0.1) is 18.7 Å². The van der Waals surface area contributed by atoms with Crippen molar-refractivity contribution in [3.63, 3.8) is 0 Å². The molecule has 96 valence electrons. The van der Waals surface area contributed by atoms with E-state index >= 15 is 0 Å². The molecule has 0 spiro atoms. The van der Waals surface area contributed by atoms with Gasteiger partial charge in [0.25, 0.3) is 0 Å². The minimum absolute atomic E-state index is 0.188. The van der Waals surface area contributed by atoms with Crippen LogP contribution in [0.5, 0.6) is 11.5 Å². The predicted octanol–water partition coefficient (Wildman–Crippen LogP) is 2.09. The van der Waals surface area contributed by atoms with Gasteiger partial charge in [-0.25, -0.2) is 0 Å². The Morgan fingerprint density at radius 1 is 1.28 bits per heavy atom. The van der Waals surface area contributed by atoms with E-state index < -0.39 is 0 Å². The first-order chi connectivity index (χ1) is 8.67. The van der Waals surface area contributed by atoms with Crippen LogP contribution in [0.15, 0.2) is 18.2 Å². The van der Waals surface area contributed by atoms with Gasteiger partial charge in [-0.3, -0.25) is 0 Å². The van der Waals surface area contributed by atoms with Gasteiger partial charge < -0.3 is 14.8 Å². The first-order valence-electron chi connectivity index (χ1n) is 6.15. The Kier molecular flexibility index (Phi) is 3.73. The second-order valence-corrected chi connectivity index (χ2v) is 4.78. The van der Waals surface area contributed by atoms with Crippen molar-refractivity contribution in [2.45, 2.75) is 25.4 Å². The monoisotopic (exact) mass is 246 g/mol. The van der Waals surface area contributed by atoms with E-state index in [1.165, 1.54) is 0 Å². The number of piperidine rings is 1. The summed E-state index contributed by atoms with van der Waals surface area (Å²) in [6.45, 7) is 4.01. The number of nitriles is 1. The maximum atomic E-state index is 8.94. The number of benzene rings is 1. The molecule has 1 aromatic carbocycles. The van der Waals surface area contributed by atoms with E-state index in [4.69, 9.17) is 14.7 Å². The van der Waals surface area contributed by atoms with Crippen molar-refractivity contribution in [1.29, 1.82) is 5.26 Å². The van der Waals surface area contributed by atoms with Crippen molar-refractivity contribution in [3.8, 4) is 17.6 Å². The number of rotatable bonds is 3. The molecule has 0 aromatic heterocycles. The summed E-state index contributed by atoms with van der Waals surface area (Å²) in [6, 6.07) is 7.37. The molecule has 0 amide bonds. The molecule has 0 bridgehead atoms. The highest BCUT2D eigenvalue weighted by molar-refractivity contribution is 5.47. The normalized spacial score (nSPS) is 17.8. The Hall–Kier alpha value is -1.73. The molecule has 2 rings (SSSR count). The van der Waals surface area contributed by atoms with E-state index in [1.807, 2.05) is 0 Å². The van der Waals surface area contributed by atoms with E-state index in [9.17, 15) is 0 Å². The van der Waals surface area contributed by atoms with Gasteiger partial charge in [-0.2, -0.15) is 5.26 Å². The Morgan fingerprint density at radius 2 is 2.00 bits per heavy atom. The number of ether oxygens (including phenoxy) is 2. The molecule has 1 heterocycles. The Bertz CT molecular complexity index is 459. The van der Waals surface area contributed by atoms with Crippen LogP contribution in [0.2, 0.25) is 0 Å². The van der Waals surface area contributed by atoms with Crippen LogP contribution in [0.4, 0.5) is 0 Å². The van der Waals surface area contributed by atoms with Gasteiger partial charge in [0.1, 0.15) is 5.60 Å². The van der Waals surface area contributed by atoms with Crippen molar-refractivity contribution in [1.82, 2.24) is 5.32 Å². The summed E-state index contributed by atoms with van der Waals surface area (Å²) in [5, 5.41) is 12.3. The molecule has 1 fully saturated rings. The molecule has 0 radical (unpaired) electrons. The molecular formula is C14H18N2O2. The average molecular weight is 246 g/mol. The van der Waals surface area contributed by atoms with E-state index in [1.54, 1.807) is 25.3 Å². The van der Waals surface area contributed by atoms with Crippen molar-refractivity contribution in [2.24, 2.45) is 0 Å². The van der Waals surface area contributed by atoms with Crippen LogP contribution in [0, 0.1) is 11.3 Å². The summed E-state index contributed by atoms with van der Waals surface area (Å²) in [7, 11) is 1.61. The fourth-order valence-corrected chi connectivity index (χ4v) is 2.15. The maximum absolute atomic E-state index is 8.94. The van der Waals surface area contributed by atoms with E-state index in [-0.39, 0.29) is 5.60 Å². The van der Waals surface area contributed by atoms with Crippen molar-refractivity contribution < 1.29 is 9.47 Å². The van der Waals surface area contributed by atoms with Crippen LogP contribution in [-0.4, -0.2) is 25.8 Å². The number of hydrogen-bond acceptors (Lipinski definition) is 4. The molecule has 1 N–H and O–H groups in total. The zero-order valence-corrected chi connectivity index (χ0v) is 10.8. The van der Waals surface area contributed by atoms with Crippen molar-refractivity contribution >= 4 is 0 Å². The molecule has 0 aliphatic carbocycles. The summed E-state index contributed by atoms with van der Waals surface area (Å²) in [5.41, 5.74) is 0.399. The fourth-order valence-electron chi connectivity index (χ4n) is 2.15. The second-order valence-electron chi connectivity index (χ2n) is 4.78. The summed E-state index contributed by atoms with van der Waals surface area (Å²) >= 11 is 0. The standard InChI is InChI=1S/C14H18N2O2/c1-14(5-7-16-8-6-14)18-13-9-11(10-15)3-4-12(13)17-2/h3-4,9,16H,5-8H2,1-2H3. The minimum Gasteiger partial charge on any atom is -0.493 e. The Balaban J connectivity index is 2.24. The fraction of sp³-hybridized carbons (Fsp3) is 0.500. The van der Waals surface area contributed by atoms with Gasteiger partial charge in [0, 0.05) is 6.07 Å². The van der Waals surface area contributed by atoms with Crippen LogP contribution in [0.1, 0.15) is 25.3 Å². The van der Waals surface area contributed by atoms with Gasteiger partial charge in [-0.15, -0.1) is 0 Å². The highest BCUT2D eigenvalue weighted by Gasteiger charge is 2.29. The van der Waals surface area contributed by atoms with Gasteiger partial charge in [-0.1, -0.05) is 0 Å². The van der Waals surface area contributed by atoms with Crippen molar-refractivity contribution in [2.75, 3.05) is 20.2 Å². The third kappa shape index (κ3) is 2.74. The lowest BCUT2D eigenvalue weighted by atomic mass is 9.94. The third-order valence-electron chi connectivity index (χ3n) is 3.31. The molecule has 1 aliphatic rings. The lowest BCUT2D eigenvalue weighted by Gasteiger charge is -2.35. The molecule has 4 nitrogen and oxygen atoms in total. The molecule has 1 aliphatic heterocycles. The predicted molar refractivity (Wildman–Crippen MR) is 68.8 cm³/mol. The van der Waals surface area contributed by atoms with Crippen LogP contribution in [-0.2, 0) is 0 Å². The smallest absolute Gasteiger partial charge is 0.163 e. The summed E-state index contributed by atoms with van der Waals surface area (Å²) in [6.07, 6.45) is 1.90. The van der Waals surface area contributed by atoms with Crippen LogP contribution >= 0.6 is 0 Å². The average Bonchev–Trinajstić information content (AvgIpc) is 2.39. The number of nitrogens with zero attached hydrogens (tertiary/aromatic N) is 1. The second kappa shape index (κ2) is 5.28. The highest BCUT2D eigenvalue weighted by Crippen LogP contribution is 2.33. The van der Waals surface area contributed by atoms with Crippen LogP contribution < -0.4 is 14.8 Å². The van der Waals surface area contributed by atoms with E-state index in [0.717, 1.165) is 25.9 Å². The lowest BCUT2D eigenvalue weighted by Crippen LogP contribution is -2.43. The first-order valence-corrected chi connectivity index (χ1v) is 6.15. The number of hydrogen-bond donors (Lipinski definition) is 1. The highest BCUT2D eigenvalue weighted by atomic mass is 16.5.